The van der Waals surface area contributed by atoms with Gasteiger partial charge in [0.25, 0.3) is 0 Å². The van der Waals surface area contributed by atoms with Crippen molar-refractivity contribution in [2.75, 3.05) is 0 Å². The molecule has 0 spiro atoms. The first kappa shape index (κ1) is 22.6. The van der Waals surface area contributed by atoms with Crippen molar-refractivity contribution >= 4 is 41.5 Å². The van der Waals surface area contributed by atoms with Crippen molar-refractivity contribution in [2.24, 2.45) is 5.73 Å². The summed E-state index contributed by atoms with van der Waals surface area (Å²) in [6.45, 7) is 2.85. The molecule has 142 valence electrons. The molecule has 0 aliphatic carbocycles. The zero-order valence-corrected chi connectivity index (χ0v) is 16.8. The van der Waals surface area contributed by atoms with Crippen LogP contribution in [-0.2, 0) is 17.9 Å². The predicted molar refractivity (Wildman–Crippen MR) is 109 cm³/mol. The Hall–Kier alpha value is -1.46. The molecular formula is C19H23Cl3N2O2. The smallest absolute Gasteiger partial charge is 0.237 e. The summed E-state index contributed by atoms with van der Waals surface area (Å²) in [5.41, 5.74) is 7.71. The second-order valence-electron chi connectivity index (χ2n) is 5.79. The van der Waals surface area contributed by atoms with Crippen LogP contribution in [-0.4, -0.2) is 11.9 Å². The van der Waals surface area contributed by atoms with Gasteiger partial charge in [0.05, 0.1) is 16.1 Å². The van der Waals surface area contributed by atoms with Gasteiger partial charge in [0, 0.05) is 6.54 Å². The third-order valence-electron chi connectivity index (χ3n) is 3.72. The highest BCUT2D eigenvalue weighted by molar-refractivity contribution is 6.42. The number of carbonyl (C=O) groups excluding carboxylic acids is 1. The lowest BCUT2D eigenvalue weighted by atomic mass is 10.1. The fourth-order valence-electron chi connectivity index (χ4n) is 2.26. The van der Waals surface area contributed by atoms with Crippen LogP contribution in [0.1, 0.15) is 30.9 Å². The van der Waals surface area contributed by atoms with Crippen molar-refractivity contribution in [1.82, 2.24) is 5.32 Å². The molecule has 0 aliphatic rings. The fourth-order valence-corrected chi connectivity index (χ4v) is 2.58. The standard InChI is InChI=1S/C19H22Cl2N2O2.ClH/c1-2-3-18(22)19(24)23-11-13-4-7-15(8-5-13)25-12-14-6-9-16(20)17(21)10-14;/h4-10,18H,2-3,11-12,22H2,1H3,(H,23,24);1H/t18-;/m0./s1. The molecule has 3 N–H and O–H groups in total. The Balaban J connectivity index is 0.00000338. The van der Waals surface area contributed by atoms with E-state index in [1.807, 2.05) is 37.3 Å². The topological polar surface area (TPSA) is 64.4 Å². The molecule has 2 aromatic rings. The minimum Gasteiger partial charge on any atom is -0.489 e. The van der Waals surface area contributed by atoms with Crippen molar-refractivity contribution in [3.63, 3.8) is 0 Å². The van der Waals surface area contributed by atoms with Crippen LogP contribution < -0.4 is 15.8 Å². The monoisotopic (exact) mass is 416 g/mol. The maximum Gasteiger partial charge on any atom is 0.237 e. The summed E-state index contributed by atoms with van der Waals surface area (Å²) in [5.74, 6) is 0.616. The van der Waals surface area contributed by atoms with Gasteiger partial charge in [0.1, 0.15) is 12.4 Å². The molecule has 26 heavy (non-hydrogen) atoms. The number of hydrogen-bond donors (Lipinski definition) is 2. The van der Waals surface area contributed by atoms with Crippen molar-refractivity contribution < 1.29 is 9.53 Å². The average molecular weight is 418 g/mol. The maximum absolute atomic E-state index is 11.8. The molecule has 0 unspecified atom stereocenters. The van der Waals surface area contributed by atoms with Crippen molar-refractivity contribution in [3.05, 3.63) is 63.6 Å². The van der Waals surface area contributed by atoms with E-state index in [9.17, 15) is 4.79 Å². The van der Waals surface area contributed by atoms with E-state index >= 15 is 0 Å². The van der Waals surface area contributed by atoms with Gasteiger partial charge in [-0.15, -0.1) is 12.4 Å². The molecular weight excluding hydrogens is 395 g/mol. The van der Waals surface area contributed by atoms with Gasteiger partial charge in [-0.3, -0.25) is 4.79 Å². The largest absolute Gasteiger partial charge is 0.489 e. The minimum atomic E-state index is -0.446. The van der Waals surface area contributed by atoms with Crippen LogP contribution in [0.25, 0.3) is 0 Å². The summed E-state index contributed by atoms with van der Waals surface area (Å²) < 4.78 is 5.73. The number of carbonyl (C=O) groups is 1. The van der Waals surface area contributed by atoms with Gasteiger partial charge >= 0.3 is 0 Å². The highest BCUT2D eigenvalue weighted by Gasteiger charge is 2.11. The first-order chi connectivity index (χ1) is 12.0. The lowest BCUT2D eigenvalue weighted by molar-refractivity contribution is -0.122. The van der Waals surface area contributed by atoms with Gasteiger partial charge in [-0.2, -0.15) is 0 Å². The van der Waals surface area contributed by atoms with Crippen LogP contribution in [0.4, 0.5) is 0 Å². The Morgan fingerprint density at radius 3 is 2.38 bits per heavy atom. The van der Waals surface area contributed by atoms with Crippen LogP contribution in [0.2, 0.25) is 10.0 Å². The molecule has 2 aromatic carbocycles. The summed E-state index contributed by atoms with van der Waals surface area (Å²) in [4.78, 5) is 11.8. The summed E-state index contributed by atoms with van der Waals surface area (Å²) in [7, 11) is 0. The number of benzene rings is 2. The van der Waals surface area contributed by atoms with E-state index in [4.69, 9.17) is 33.7 Å². The van der Waals surface area contributed by atoms with E-state index < -0.39 is 6.04 Å². The third kappa shape index (κ3) is 7.04. The normalized spacial score (nSPS) is 11.4. The molecule has 0 fully saturated rings. The van der Waals surface area contributed by atoms with E-state index in [-0.39, 0.29) is 18.3 Å². The number of halogens is 3. The first-order valence-electron chi connectivity index (χ1n) is 8.18. The number of rotatable bonds is 8. The zero-order chi connectivity index (χ0) is 18.2. The molecule has 0 bridgehead atoms. The Labute approximate surface area is 170 Å². The number of ether oxygens (including phenoxy) is 1. The van der Waals surface area contributed by atoms with E-state index in [1.54, 1.807) is 12.1 Å². The Bertz CT molecular complexity index is 708. The van der Waals surface area contributed by atoms with Crippen molar-refractivity contribution in [2.45, 2.75) is 39.0 Å². The molecule has 0 aliphatic heterocycles. The number of nitrogens with two attached hydrogens (primary N) is 1. The number of hydrogen-bond acceptors (Lipinski definition) is 3. The Morgan fingerprint density at radius 1 is 1.12 bits per heavy atom. The molecule has 4 nitrogen and oxygen atoms in total. The number of amides is 1. The zero-order valence-electron chi connectivity index (χ0n) is 14.5. The molecule has 0 radical (unpaired) electrons. The SMILES string of the molecule is CCC[C@H](N)C(=O)NCc1ccc(OCc2ccc(Cl)c(Cl)c2)cc1.Cl. The molecule has 0 heterocycles. The summed E-state index contributed by atoms with van der Waals surface area (Å²) in [6, 6.07) is 12.5. The highest BCUT2D eigenvalue weighted by Crippen LogP contribution is 2.23. The van der Waals surface area contributed by atoms with E-state index in [2.05, 4.69) is 5.32 Å². The second-order valence-corrected chi connectivity index (χ2v) is 6.61. The van der Waals surface area contributed by atoms with Crippen LogP contribution in [0.5, 0.6) is 5.75 Å². The summed E-state index contributed by atoms with van der Waals surface area (Å²) >= 11 is 11.9. The van der Waals surface area contributed by atoms with Crippen LogP contribution in [0.3, 0.4) is 0 Å². The van der Waals surface area contributed by atoms with Gasteiger partial charge in [-0.1, -0.05) is 54.7 Å². The van der Waals surface area contributed by atoms with Crippen LogP contribution in [0.15, 0.2) is 42.5 Å². The van der Waals surface area contributed by atoms with E-state index in [0.717, 1.165) is 23.3 Å². The molecule has 1 amide bonds. The second kappa shape index (κ2) is 11.3. The molecule has 0 saturated carbocycles. The summed E-state index contributed by atoms with van der Waals surface area (Å²) in [5, 5.41) is 3.87. The van der Waals surface area contributed by atoms with Crippen LogP contribution >= 0.6 is 35.6 Å². The predicted octanol–water partition coefficient (Wildman–Crippen LogP) is 4.74. The Morgan fingerprint density at radius 2 is 1.77 bits per heavy atom. The third-order valence-corrected chi connectivity index (χ3v) is 4.46. The Kier molecular flexibility index (Phi) is 9.81. The fraction of sp³-hybridized carbons (Fsp3) is 0.316. The molecule has 0 aromatic heterocycles. The van der Waals surface area contributed by atoms with Gasteiger partial charge < -0.3 is 15.8 Å². The maximum atomic E-state index is 11.8. The van der Waals surface area contributed by atoms with Crippen molar-refractivity contribution in [1.29, 1.82) is 0 Å². The lowest BCUT2D eigenvalue weighted by Gasteiger charge is -2.12. The van der Waals surface area contributed by atoms with E-state index in [1.165, 1.54) is 0 Å². The van der Waals surface area contributed by atoms with E-state index in [0.29, 0.717) is 29.6 Å². The molecule has 0 saturated heterocycles. The first-order valence-corrected chi connectivity index (χ1v) is 8.94. The van der Waals surface area contributed by atoms with Gasteiger partial charge in [-0.25, -0.2) is 0 Å². The van der Waals surface area contributed by atoms with Crippen molar-refractivity contribution in [3.8, 4) is 5.75 Å². The number of nitrogens with one attached hydrogen (secondary N) is 1. The van der Waals surface area contributed by atoms with Crippen LogP contribution in [0, 0.1) is 0 Å². The molecule has 7 heteroatoms. The van der Waals surface area contributed by atoms with Gasteiger partial charge in [0.15, 0.2) is 0 Å². The van der Waals surface area contributed by atoms with Gasteiger partial charge in [0.2, 0.25) is 5.91 Å². The average Bonchev–Trinajstić information content (AvgIpc) is 2.61. The molecule has 1 atom stereocenters. The van der Waals surface area contributed by atoms with Gasteiger partial charge in [-0.05, 0) is 41.8 Å². The summed E-state index contributed by atoms with van der Waals surface area (Å²) in [6.07, 6.45) is 1.58. The molecule has 2 rings (SSSR count). The quantitative estimate of drug-likeness (QED) is 0.652. The minimum absolute atomic E-state index is 0. The highest BCUT2D eigenvalue weighted by atomic mass is 35.5. The lowest BCUT2D eigenvalue weighted by Crippen LogP contribution is -2.40.